The Morgan fingerprint density at radius 1 is 1.23 bits per heavy atom. The number of nitrogens with zero attached hydrogens (tertiary/aromatic N) is 1. The van der Waals surface area contributed by atoms with Crippen molar-refractivity contribution in [3.8, 4) is 0 Å². The highest BCUT2D eigenvalue weighted by Crippen LogP contribution is 2.33. The summed E-state index contributed by atoms with van der Waals surface area (Å²) in [5.74, 6) is -1.13. The predicted molar refractivity (Wildman–Crippen MR) is 93.3 cm³/mol. The molecule has 8 heteroatoms. The Balaban J connectivity index is 1.68. The number of urea groups is 2. The number of amides is 6. The van der Waals surface area contributed by atoms with Crippen molar-refractivity contribution in [1.29, 1.82) is 0 Å². The van der Waals surface area contributed by atoms with Gasteiger partial charge in [-0.2, -0.15) is 0 Å². The Labute approximate surface area is 151 Å². The highest BCUT2D eigenvalue weighted by Gasteiger charge is 2.52. The summed E-state index contributed by atoms with van der Waals surface area (Å²) in [7, 11) is 0. The molecule has 0 unspecified atom stereocenters. The van der Waals surface area contributed by atoms with Gasteiger partial charge in [0.25, 0.3) is 5.91 Å². The summed E-state index contributed by atoms with van der Waals surface area (Å²) in [5.41, 5.74) is 1.18. The van der Waals surface area contributed by atoms with Crippen LogP contribution in [-0.2, 0) is 22.4 Å². The molecule has 1 aromatic carbocycles. The maximum absolute atomic E-state index is 12.9. The fraction of sp³-hybridized carbons (Fsp3) is 0.444. The Hall–Kier alpha value is -2.90. The van der Waals surface area contributed by atoms with Gasteiger partial charge in [-0.25, -0.2) is 9.59 Å². The lowest BCUT2D eigenvalue weighted by atomic mass is 9.78. The molecule has 0 radical (unpaired) electrons. The third-order valence-electron chi connectivity index (χ3n) is 4.65. The van der Waals surface area contributed by atoms with Crippen LogP contribution in [0.2, 0.25) is 0 Å². The molecule has 1 aliphatic heterocycles. The number of fused-ring (bicyclic) bond motifs is 1. The molecule has 3 rings (SSSR count). The first-order valence-electron chi connectivity index (χ1n) is 8.62. The van der Waals surface area contributed by atoms with Gasteiger partial charge in [0.2, 0.25) is 5.91 Å². The predicted octanol–water partition coefficient (Wildman–Crippen LogP) is 0.700. The van der Waals surface area contributed by atoms with Crippen LogP contribution in [0.25, 0.3) is 0 Å². The number of hydrogen-bond acceptors (Lipinski definition) is 4. The second-order valence-electron chi connectivity index (χ2n) is 7.03. The van der Waals surface area contributed by atoms with Crippen molar-refractivity contribution >= 4 is 23.9 Å². The summed E-state index contributed by atoms with van der Waals surface area (Å²) < 4.78 is 0. The summed E-state index contributed by atoms with van der Waals surface area (Å²) >= 11 is 0. The van der Waals surface area contributed by atoms with Crippen molar-refractivity contribution in [2.24, 2.45) is 0 Å². The van der Waals surface area contributed by atoms with Crippen LogP contribution in [0.4, 0.5) is 9.59 Å². The van der Waals surface area contributed by atoms with Crippen LogP contribution in [-0.4, -0.2) is 46.9 Å². The first-order chi connectivity index (χ1) is 12.3. The van der Waals surface area contributed by atoms with Gasteiger partial charge in [0.05, 0.1) is 0 Å². The lowest BCUT2D eigenvalue weighted by Gasteiger charge is -2.32. The Bertz CT molecular complexity index is 776. The molecule has 1 heterocycles. The molecule has 1 aromatic rings. The molecule has 1 fully saturated rings. The molecule has 0 bridgehead atoms. The van der Waals surface area contributed by atoms with Crippen LogP contribution in [0.5, 0.6) is 0 Å². The van der Waals surface area contributed by atoms with Crippen molar-refractivity contribution in [3.63, 3.8) is 0 Å². The first-order valence-corrected chi connectivity index (χ1v) is 8.62. The Kier molecular flexibility index (Phi) is 4.67. The molecule has 1 atom stereocenters. The van der Waals surface area contributed by atoms with E-state index < -0.39 is 36.0 Å². The fourth-order valence-corrected chi connectivity index (χ4v) is 3.45. The molecule has 26 heavy (non-hydrogen) atoms. The standard InChI is InChI=1S/C18H22N4O4/c1-11(2)19-16(25)20-14(23)10-22-15(24)18(21-17(22)26)8-7-12-5-3-4-6-13(12)9-18/h3-6,11H,7-10H2,1-2H3,(H,21,26)(H2,19,20,23,25)/t18-/m0/s1. The van der Waals surface area contributed by atoms with Crippen molar-refractivity contribution in [3.05, 3.63) is 35.4 Å². The highest BCUT2D eigenvalue weighted by atomic mass is 16.2. The summed E-state index contributed by atoms with van der Waals surface area (Å²) in [4.78, 5) is 49.6. The van der Waals surface area contributed by atoms with E-state index in [1.165, 1.54) is 5.56 Å². The van der Waals surface area contributed by atoms with Crippen LogP contribution < -0.4 is 16.0 Å². The van der Waals surface area contributed by atoms with E-state index >= 15 is 0 Å². The smallest absolute Gasteiger partial charge is 0.325 e. The van der Waals surface area contributed by atoms with Gasteiger partial charge in [-0.05, 0) is 37.8 Å². The van der Waals surface area contributed by atoms with Gasteiger partial charge in [0.15, 0.2) is 0 Å². The number of imide groups is 2. The van der Waals surface area contributed by atoms with Gasteiger partial charge in [0, 0.05) is 12.5 Å². The monoisotopic (exact) mass is 358 g/mol. The second kappa shape index (κ2) is 6.78. The third kappa shape index (κ3) is 3.40. The van der Waals surface area contributed by atoms with Gasteiger partial charge in [-0.1, -0.05) is 24.3 Å². The molecule has 2 aliphatic rings. The number of rotatable bonds is 3. The zero-order valence-electron chi connectivity index (χ0n) is 14.8. The summed E-state index contributed by atoms with van der Waals surface area (Å²) in [6.45, 7) is 3.03. The van der Waals surface area contributed by atoms with Gasteiger partial charge < -0.3 is 10.6 Å². The van der Waals surface area contributed by atoms with E-state index in [1.54, 1.807) is 13.8 Å². The molecule has 6 amide bonds. The quantitative estimate of drug-likeness (QED) is 0.691. The van der Waals surface area contributed by atoms with E-state index in [9.17, 15) is 19.2 Å². The van der Waals surface area contributed by atoms with E-state index in [-0.39, 0.29) is 6.04 Å². The molecule has 0 saturated carbocycles. The minimum Gasteiger partial charge on any atom is -0.336 e. The fourth-order valence-electron chi connectivity index (χ4n) is 3.45. The molecular formula is C18H22N4O4. The zero-order chi connectivity index (χ0) is 18.9. The van der Waals surface area contributed by atoms with E-state index in [0.29, 0.717) is 19.3 Å². The number of benzene rings is 1. The van der Waals surface area contributed by atoms with E-state index in [2.05, 4.69) is 16.0 Å². The molecular weight excluding hydrogens is 336 g/mol. The molecule has 1 spiro atoms. The average molecular weight is 358 g/mol. The van der Waals surface area contributed by atoms with Crippen LogP contribution in [0.1, 0.15) is 31.4 Å². The van der Waals surface area contributed by atoms with Crippen LogP contribution >= 0.6 is 0 Å². The van der Waals surface area contributed by atoms with Gasteiger partial charge in [0.1, 0.15) is 12.1 Å². The topological polar surface area (TPSA) is 108 Å². The molecule has 0 aromatic heterocycles. The number of carbonyl (C=O) groups excluding carboxylic acids is 4. The minimum atomic E-state index is -1.01. The molecule has 138 valence electrons. The number of carbonyl (C=O) groups is 4. The van der Waals surface area contributed by atoms with Crippen LogP contribution in [0, 0.1) is 0 Å². The van der Waals surface area contributed by atoms with Crippen LogP contribution in [0.3, 0.4) is 0 Å². The number of hydrogen-bond donors (Lipinski definition) is 3. The van der Waals surface area contributed by atoms with Crippen molar-refractivity contribution in [2.45, 2.75) is 44.7 Å². The van der Waals surface area contributed by atoms with Gasteiger partial charge >= 0.3 is 12.1 Å². The average Bonchev–Trinajstić information content (AvgIpc) is 2.78. The summed E-state index contributed by atoms with van der Waals surface area (Å²) in [6, 6.07) is 6.42. The van der Waals surface area contributed by atoms with Gasteiger partial charge in [-0.3, -0.25) is 19.8 Å². The molecule has 1 aliphatic carbocycles. The van der Waals surface area contributed by atoms with E-state index in [1.807, 2.05) is 24.3 Å². The summed E-state index contributed by atoms with van der Waals surface area (Å²) in [5, 5.41) is 7.40. The third-order valence-corrected chi connectivity index (χ3v) is 4.65. The number of nitrogens with one attached hydrogen (secondary N) is 3. The Morgan fingerprint density at radius 3 is 2.62 bits per heavy atom. The zero-order valence-corrected chi connectivity index (χ0v) is 14.8. The normalized spacial score (nSPS) is 21.6. The summed E-state index contributed by atoms with van der Waals surface area (Å²) in [6.07, 6.45) is 1.57. The molecule has 8 nitrogen and oxygen atoms in total. The van der Waals surface area contributed by atoms with Gasteiger partial charge in [-0.15, -0.1) is 0 Å². The lowest BCUT2D eigenvalue weighted by Crippen LogP contribution is -2.52. The van der Waals surface area contributed by atoms with Crippen molar-refractivity contribution < 1.29 is 19.2 Å². The SMILES string of the molecule is CC(C)NC(=O)NC(=O)CN1C(=O)N[C@]2(CCc3ccccc3C2)C1=O. The Morgan fingerprint density at radius 2 is 1.92 bits per heavy atom. The molecule has 1 saturated heterocycles. The maximum atomic E-state index is 12.9. The van der Waals surface area contributed by atoms with E-state index in [0.717, 1.165) is 10.5 Å². The molecule has 3 N–H and O–H groups in total. The first kappa shape index (κ1) is 17.9. The van der Waals surface area contributed by atoms with Crippen molar-refractivity contribution in [1.82, 2.24) is 20.9 Å². The minimum absolute atomic E-state index is 0.134. The number of aryl methyl sites for hydroxylation is 1. The highest BCUT2D eigenvalue weighted by molar-refractivity contribution is 6.10. The second-order valence-corrected chi connectivity index (χ2v) is 7.03. The van der Waals surface area contributed by atoms with Crippen LogP contribution in [0.15, 0.2) is 24.3 Å². The lowest BCUT2D eigenvalue weighted by molar-refractivity contribution is -0.135. The maximum Gasteiger partial charge on any atom is 0.325 e. The van der Waals surface area contributed by atoms with E-state index in [4.69, 9.17) is 0 Å². The largest absolute Gasteiger partial charge is 0.336 e. The van der Waals surface area contributed by atoms with Crippen molar-refractivity contribution in [2.75, 3.05) is 6.54 Å².